The molecule has 6 heteroatoms. The number of carbonyl (C=O) groups is 3. The Labute approximate surface area is 377 Å². The van der Waals surface area contributed by atoms with Crippen LogP contribution in [0.1, 0.15) is 252 Å². The van der Waals surface area contributed by atoms with Gasteiger partial charge in [0.2, 0.25) is 0 Å². The molecule has 0 aliphatic carbocycles. The maximum Gasteiger partial charge on any atom is 0.306 e. The van der Waals surface area contributed by atoms with E-state index in [9.17, 15) is 14.4 Å². The molecule has 0 N–H and O–H groups in total. The molecule has 61 heavy (non-hydrogen) atoms. The van der Waals surface area contributed by atoms with Gasteiger partial charge in [-0.1, -0.05) is 229 Å². The van der Waals surface area contributed by atoms with E-state index < -0.39 is 6.10 Å². The molecule has 0 fully saturated rings. The molecule has 0 rings (SSSR count). The topological polar surface area (TPSA) is 78.9 Å². The maximum absolute atomic E-state index is 12.8. The van der Waals surface area contributed by atoms with Gasteiger partial charge in [0.1, 0.15) is 13.2 Å². The Balaban J connectivity index is 4.39. The summed E-state index contributed by atoms with van der Waals surface area (Å²) in [6, 6.07) is 0. The van der Waals surface area contributed by atoms with Gasteiger partial charge in [-0.05, 0) is 64.2 Å². The molecule has 0 spiro atoms. The van der Waals surface area contributed by atoms with Crippen LogP contribution in [0.15, 0.2) is 60.8 Å². The average molecular weight is 853 g/mol. The van der Waals surface area contributed by atoms with Crippen LogP contribution in [0.5, 0.6) is 0 Å². The maximum atomic E-state index is 12.8. The zero-order chi connectivity index (χ0) is 44.4. The highest BCUT2D eigenvalue weighted by atomic mass is 16.6. The number of rotatable bonds is 46. The largest absolute Gasteiger partial charge is 0.462 e. The van der Waals surface area contributed by atoms with Crippen LogP contribution in [0.4, 0.5) is 0 Å². The number of hydrogen-bond donors (Lipinski definition) is 0. The molecular formula is C55H96O6. The lowest BCUT2D eigenvalue weighted by Gasteiger charge is -2.18. The molecule has 1 atom stereocenters. The highest BCUT2D eigenvalue weighted by molar-refractivity contribution is 5.71. The van der Waals surface area contributed by atoms with E-state index in [4.69, 9.17) is 14.2 Å². The van der Waals surface area contributed by atoms with Crippen molar-refractivity contribution in [3.05, 3.63) is 60.8 Å². The Hall–Kier alpha value is -2.89. The Kier molecular flexibility index (Phi) is 47.4. The van der Waals surface area contributed by atoms with Crippen molar-refractivity contribution in [2.75, 3.05) is 13.2 Å². The first-order valence-electron chi connectivity index (χ1n) is 25.8. The summed E-state index contributed by atoms with van der Waals surface area (Å²) in [6.07, 6.45) is 60.6. The molecule has 0 bridgehead atoms. The minimum absolute atomic E-state index is 0.0817. The molecule has 352 valence electrons. The van der Waals surface area contributed by atoms with E-state index >= 15 is 0 Å². The molecule has 0 aliphatic heterocycles. The van der Waals surface area contributed by atoms with Crippen molar-refractivity contribution in [3.63, 3.8) is 0 Å². The number of unbranched alkanes of at least 4 members (excludes halogenated alkanes) is 25. The van der Waals surface area contributed by atoms with Gasteiger partial charge in [-0.3, -0.25) is 14.4 Å². The van der Waals surface area contributed by atoms with Crippen LogP contribution in [0.3, 0.4) is 0 Å². The standard InChI is InChI=1S/C55H96O6/c1-4-7-10-13-16-19-22-24-26-27-28-29-30-32-33-36-39-42-45-48-54(57)60-51-52(50-59-53(56)47-44-41-38-35-21-18-15-12-9-6-3)61-55(58)49-46-43-40-37-34-31-25-23-20-17-14-11-8-5-2/h7,10,16,19,24,26,28-29,32-33,52H,4-6,8-9,11-15,17-18,20-23,25,27,30-31,34-51H2,1-3H3/b10-7-,19-16-,26-24-,29-28-,33-32-/t52-/m1/s1. The molecule has 0 amide bonds. The molecule has 0 saturated carbocycles. The second-order valence-electron chi connectivity index (χ2n) is 17.1. The van der Waals surface area contributed by atoms with Crippen LogP contribution in [-0.4, -0.2) is 37.2 Å². The summed E-state index contributed by atoms with van der Waals surface area (Å²) >= 11 is 0. The van der Waals surface area contributed by atoms with Crippen LogP contribution in [0.25, 0.3) is 0 Å². The molecule has 0 aromatic carbocycles. The lowest BCUT2D eigenvalue weighted by molar-refractivity contribution is -0.167. The zero-order valence-corrected chi connectivity index (χ0v) is 40.2. The summed E-state index contributed by atoms with van der Waals surface area (Å²) in [6.45, 7) is 6.49. The lowest BCUT2D eigenvalue weighted by atomic mass is 10.0. The van der Waals surface area contributed by atoms with E-state index in [0.717, 1.165) is 96.3 Å². The van der Waals surface area contributed by atoms with Gasteiger partial charge in [-0.2, -0.15) is 0 Å². The van der Waals surface area contributed by atoms with Gasteiger partial charge in [0, 0.05) is 19.3 Å². The van der Waals surface area contributed by atoms with E-state index in [2.05, 4.69) is 81.5 Å². The number of esters is 3. The third kappa shape index (κ3) is 48.0. The minimum Gasteiger partial charge on any atom is -0.462 e. The fraction of sp³-hybridized carbons (Fsp3) is 0.764. The minimum atomic E-state index is -0.782. The van der Waals surface area contributed by atoms with Crippen molar-refractivity contribution in [3.8, 4) is 0 Å². The van der Waals surface area contributed by atoms with Crippen molar-refractivity contribution in [1.29, 1.82) is 0 Å². The van der Waals surface area contributed by atoms with Crippen LogP contribution >= 0.6 is 0 Å². The van der Waals surface area contributed by atoms with Crippen molar-refractivity contribution >= 4 is 17.9 Å². The summed E-state index contributed by atoms with van der Waals surface area (Å²) < 4.78 is 16.8. The third-order valence-corrected chi connectivity index (χ3v) is 11.0. The number of allylic oxidation sites excluding steroid dienone is 10. The van der Waals surface area contributed by atoms with Gasteiger partial charge in [-0.15, -0.1) is 0 Å². The summed E-state index contributed by atoms with van der Waals surface area (Å²) in [5.41, 5.74) is 0. The van der Waals surface area contributed by atoms with E-state index in [0.29, 0.717) is 19.3 Å². The monoisotopic (exact) mass is 853 g/mol. The quantitative estimate of drug-likeness (QED) is 0.0263. The van der Waals surface area contributed by atoms with Crippen molar-refractivity contribution in [2.24, 2.45) is 0 Å². The number of carbonyl (C=O) groups excluding carboxylic acids is 3. The SMILES string of the molecule is CC/C=C\C/C=C\C/C=C\C/C=C\C/C=C\CCCCCC(=O)OC[C@@H](COC(=O)CCCCCCCCCCCC)OC(=O)CCCCCCCCCCCCCCCC. The van der Waals surface area contributed by atoms with Gasteiger partial charge in [-0.25, -0.2) is 0 Å². The average Bonchev–Trinajstić information content (AvgIpc) is 3.26. The van der Waals surface area contributed by atoms with E-state index in [1.54, 1.807) is 0 Å². The molecule has 6 nitrogen and oxygen atoms in total. The Morgan fingerprint density at radius 2 is 0.639 bits per heavy atom. The normalized spacial score (nSPS) is 12.5. The zero-order valence-electron chi connectivity index (χ0n) is 40.2. The molecule has 0 saturated heterocycles. The fourth-order valence-electron chi connectivity index (χ4n) is 7.17. The second kappa shape index (κ2) is 49.8. The molecule has 0 heterocycles. The summed E-state index contributed by atoms with van der Waals surface area (Å²) in [5.74, 6) is -0.910. The third-order valence-electron chi connectivity index (χ3n) is 11.0. The summed E-state index contributed by atoms with van der Waals surface area (Å²) in [5, 5.41) is 0. The Bertz CT molecular complexity index is 1120. The van der Waals surface area contributed by atoms with Crippen molar-refractivity contribution < 1.29 is 28.6 Å². The summed E-state index contributed by atoms with van der Waals surface area (Å²) in [4.78, 5) is 37.9. The van der Waals surface area contributed by atoms with Gasteiger partial charge < -0.3 is 14.2 Å². The first-order chi connectivity index (χ1) is 30.0. The molecular weight excluding hydrogens is 757 g/mol. The van der Waals surface area contributed by atoms with E-state index in [-0.39, 0.29) is 31.1 Å². The van der Waals surface area contributed by atoms with Crippen LogP contribution in [0.2, 0.25) is 0 Å². The number of ether oxygens (including phenoxy) is 3. The van der Waals surface area contributed by atoms with Crippen LogP contribution in [0, 0.1) is 0 Å². The summed E-state index contributed by atoms with van der Waals surface area (Å²) in [7, 11) is 0. The predicted octanol–water partition coefficient (Wildman–Crippen LogP) is 16.9. The van der Waals surface area contributed by atoms with E-state index in [1.807, 2.05) is 0 Å². The van der Waals surface area contributed by atoms with Gasteiger partial charge in [0.05, 0.1) is 0 Å². The highest BCUT2D eigenvalue weighted by Gasteiger charge is 2.19. The Morgan fingerprint density at radius 1 is 0.344 bits per heavy atom. The van der Waals surface area contributed by atoms with Crippen molar-refractivity contribution in [2.45, 2.75) is 258 Å². The van der Waals surface area contributed by atoms with Crippen LogP contribution < -0.4 is 0 Å². The van der Waals surface area contributed by atoms with Crippen LogP contribution in [-0.2, 0) is 28.6 Å². The molecule has 0 unspecified atom stereocenters. The molecule has 0 aliphatic rings. The number of hydrogen-bond acceptors (Lipinski definition) is 6. The molecule has 0 aromatic rings. The Morgan fingerprint density at radius 3 is 1.00 bits per heavy atom. The lowest BCUT2D eigenvalue weighted by Crippen LogP contribution is -2.30. The first-order valence-corrected chi connectivity index (χ1v) is 25.8. The van der Waals surface area contributed by atoms with Gasteiger partial charge in [0.15, 0.2) is 6.10 Å². The first kappa shape index (κ1) is 58.1. The van der Waals surface area contributed by atoms with Gasteiger partial charge in [0.25, 0.3) is 0 Å². The highest BCUT2D eigenvalue weighted by Crippen LogP contribution is 2.15. The second-order valence-corrected chi connectivity index (χ2v) is 17.1. The molecule has 0 aromatic heterocycles. The van der Waals surface area contributed by atoms with E-state index in [1.165, 1.54) is 116 Å². The predicted molar refractivity (Wildman–Crippen MR) is 261 cm³/mol. The van der Waals surface area contributed by atoms with Crippen molar-refractivity contribution in [1.82, 2.24) is 0 Å². The smallest absolute Gasteiger partial charge is 0.306 e. The van der Waals surface area contributed by atoms with Gasteiger partial charge >= 0.3 is 17.9 Å². The molecule has 0 radical (unpaired) electrons. The fourth-order valence-corrected chi connectivity index (χ4v) is 7.17.